The molecule has 0 fully saturated rings. The summed E-state index contributed by atoms with van der Waals surface area (Å²) in [6.07, 6.45) is 2.05. The number of rotatable bonds is 4. The first-order valence-electron chi connectivity index (χ1n) is 8.08. The van der Waals surface area contributed by atoms with E-state index in [4.69, 9.17) is 4.98 Å². The van der Waals surface area contributed by atoms with Crippen LogP contribution in [0.15, 0.2) is 35.9 Å². The summed E-state index contributed by atoms with van der Waals surface area (Å²) in [6.45, 7) is 7.54. The van der Waals surface area contributed by atoms with Crippen LogP contribution in [0.25, 0.3) is 16.7 Å². The lowest BCUT2D eigenvalue weighted by Gasteiger charge is -2.16. The minimum Gasteiger partial charge on any atom is -0.316 e. The molecule has 1 aliphatic rings. The molecule has 0 saturated heterocycles. The maximum Gasteiger partial charge on any atom is 0.0529 e. The Hall–Kier alpha value is -1.93. The Balaban J connectivity index is 2.28. The number of nitrogens with one attached hydrogen (secondary N) is 1. The zero-order valence-electron chi connectivity index (χ0n) is 14.0. The molecule has 1 N–H and O–H groups in total. The van der Waals surface area contributed by atoms with Crippen LogP contribution in [-0.4, -0.2) is 18.6 Å². The molecule has 0 spiro atoms. The first-order valence-corrected chi connectivity index (χ1v) is 8.08. The number of aryl methyl sites for hydroxylation is 1. The second kappa shape index (κ2) is 6.05. The van der Waals surface area contributed by atoms with Crippen molar-refractivity contribution in [2.45, 2.75) is 33.6 Å². The molecule has 0 aliphatic heterocycles. The molecule has 0 saturated carbocycles. The van der Waals surface area contributed by atoms with Gasteiger partial charge in [-0.1, -0.05) is 37.3 Å². The van der Waals surface area contributed by atoms with E-state index in [2.05, 4.69) is 56.4 Å². The molecular formula is C20H24N2. The number of benzene rings is 1. The molecule has 2 nitrogen and oxygen atoms in total. The van der Waals surface area contributed by atoms with Crippen molar-refractivity contribution < 1.29 is 0 Å². The predicted molar refractivity (Wildman–Crippen MR) is 94.0 cm³/mol. The van der Waals surface area contributed by atoms with Gasteiger partial charge in [-0.2, -0.15) is 0 Å². The third-order valence-corrected chi connectivity index (χ3v) is 4.67. The van der Waals surface area contributed by atoms with Gasteiger partial charge < -0.3 is 5.32 Å². The van der Waals surface area contributed by atoms with E-state index >= 15 is 0 Å². The number of nitrogens with zero attached hydrogens (tertiary/aromatic N) is 1. The quantitative estimate of drug-likeness (QED) is 0.908. The number of aromatic nitrogens is 1. The van der Waals surface area contributed by atoms with Crippen molar-refractivity contribution in [3.05, 3.63) is 58.4 Å². The smallest absolute Gasteiger partial charge is 0.0529 e. The Morgan fingerprint density at radius 3 is 2.45 bits per heavy atom. The van der Waals surface area contributed by atoms with E-state index in [9.17, 15) is 0 Å². The number of hydrogen-bond acceptors (Lipinski definition) is 2. The van der Waals surface area contributed by atoms with Crippen LogP contribution in [0.5, 0.6) is 0 Å². The van der Waals surface area contributed by atoms with Crippen molar-refractivity contribution in [3.8, 4) is 11.1 Å². The van der Waals surface area contributed by atoms with Gasteiger partial charge in [-0.15, -0.1) is 0 Å². The molecule has 114 valence electrons. The van der Waals surface area contributed by atoms with Crippen LogP contribution in [0, 0.1) is 13.8 Å². The molecule has 22 heavy (non-hydrogen) atoms. The van der Waals surface area contributed by atoms with E-state index in [0.717, 1.165) is 25.1 Å². The molecule has 0 amide bonds. The summed E-state index contributed by atoms with van der Waals surface area (Å²) in [5, 5.41) is 3.31. The minimum atomic E-state index is 0.950. The largest absolute Gasteiger partial charge is 0.316 e. The van der Waals surface area contributed by atoms with Gasteiger partial charge in [-0.25, -0.2) is 0 Å². The standard InChI is InChI=1S/C20H24N2/c1-5-17-16(12-21-4)11-18-20(17)19(13(2)14(3)22-18)15-9-7-6-8-10-15/h6-10,21H,5,11-12H2,1-4H3. The van der Waals surface area contributed by atoms with E-state index < -0.39 is 0 Å². The van der Waals surface area contributed by atoms with Gasteiger partial charge in [0, 0.05) is 24.2 Å². The monoisotopic (exact) mass is 292 g/mol. The van der Waals surface area contributed by atoms with Crippen LogP contribution in [0.1, 0.15) is 35.9 Å². The van der Waals surface area contributed by atoms with Crippen molar-refractivity contribution in [3.63, 3.8) is 0 Å². The predicted octanol–water partition coefficient (Wildman–Crippen LogP) is 4.30. The zero-order valence-corrected chi connectivity index (χ0v) is 14.0. The van der Waals surface area contributed by atoms with Gasteiger partial charge in [0.1, 0.15) is 0 Å². The maximum atomic E-state index is 4.90. The number of fused-ring (bicyclic) bond motifs is 1. The van der Waals surface area contributed by atoms with Crippen molar-refractivity contribution in [2.24, 2.45) is 0 Å². The number of hydrogen-bond donors (Lipinski definition) is 1. The topological polar surface area (TPSA) is 24.9 Å². The first-order chi connectivity index (χ1) is 10.7. The summed E-state index contributed by atoms with van der Waals surface area (Å²) in [5.74, 6) is 0. The highest BCUT2D eigenvalue weighted by Crippen LogP contribution is 2.42. The van der Waals surface area contributed by atoms with Gasteiger partial charge in [0.2, 0.25) is 0 Å². The summed E-state index contributed by atoms with van der Waals surface area (Å²) < 4.78 is 0. The molecule has 1 aliphatic carbocycles. The van der Waals surface area contributed by atoms with Gasteiger partial charge >= 0.3 is 0 Å². The lowest BCUT2D eigenvalue weighted by molar-refractivity contribution is 0.854. The van der Waals surface area contributed by atoms with Crippen LogP contribution in [0.3, 0.4) is 0 Å². The Morgan fingerprint density at radius 1 is 1.09 bits per heavy atom. The molecule has 0 unspecified atom stereocenters. The Kier molecular flexibility index (Phi) is 4.12. The fourth-order valence-electron chi connectivity index (χ4n) is 3.57. The molecule has 1 aromatic carbocycles. The third-order valence-electron chi connectivity index (χ3n) is 4.67. The molecule has 1 aromatic heterocycles. The van der Waals surface area contributed by atoms with Crippen LogP contribution < -0.4 is 5.32 Å². The first kappa shape index (κ1) is 15.0. The number of likely N-dealkylation sites (N-methyl/N-ethyl adjacent to an activating group) is 1. The molecule has 1 heterocycles. The van der Waals surface area contributed by atoms with Gasteiger partial charge in [0.25, 0.3) is 0 Å². The highest BCUT2D eigenvalue weighted by molar-refractivity contribution is 5.88. The SMILES string of the molecule is CCC1=C(CNC)Cc2nc(C)c(C)c(-c3ccccc3)c21. The fourth-order valence-corrected chi connectivity index (χ4v) is 3.57. The molecule has 0 atom stereocenters. The molecule has 0 bridgehead atoms. The molecule has 2 aromatic rings. The van der Waals surface area contributed by atoms with Gasteiger partial charge in [0.05, 0.1) is 5.69 Å². The Labute approximate surface area is 133 Å². The van der Waals surface area contributed by atoms with Crippen LogP contribution in [0.2, 0.25) is 0 Å². The van der Waals surface area contributed by atoms with Gasteiger partial charge in [-0.3, -0.25) is 4.98 Å². The number of pyridine rings is 1. The van der Waals surface area contributed by atoms with Crippen molar-refractivity contribution in [2.75, 3.05) is 13.6 Å². The summed E-state index contributed by atoms with van der Waals surface area (Å²) in [6, 6.07) is 10.7. The summed E-state index contributed by atoms with van der Waals surface area (Å²) >= 11 is 0. The minimum absolute atomic E-state index is 0.950. The Bertz CT molecular complexity index is 727. The molecule has 3 rings (SSSR count). The average Bonchev–Trinajstić information content (AvgIpc) is 2.86. The number of allylic oxidation sites excluding steroid dienone is 1. The zero-order chi connectivity index (χ0) is 15.7. The van der Waals surface area contributed by atoms with Crippen LogP contribution >= 0.6 is 0 Å². The maximum absolute atomic E-state index is 4.90. The Morgan fingerprint density at radius 2 is 1.82 bits per heavy atom. The highest BCUT2D eigenvalue weighted by atomic mass is 14.8. The summed E-state index contributed by atoms with van der Waals surface area (Å²) in [4.78, 5) is 4.90. The van der Waals surface area contributed by atoms with Crippen LogP contribution in [0.4, 0.5) is 0 Å². The van der Waals surface area contributed by atoms with Crippen molar-refractivity contribution in [1.29, 1.82) is 0 Å². The van der Waals surface area contributed by atoms with E-state index in [-0.39, 0.29) is 0 Å². The van der Waals surface area contributed by atoms with Gasteiger partial charge in [-0.05, 0) is 55.2 Å². The summed E-state index contributed by atoms with van der Waals surface area (Å²) in [7, 11) is 2.02. The normalized spacial score (nSPS) is 13.6. The average molecular weight is 292 g/mol. The van der Waals surface area contributed by atoms with Crippen LogP contribution in [-0.2, 0) is 6.42 Å². The molecule has 0 radical (unpaired) electrons. The third kappa shape index (κ3) is 2.38. The fraction of sp³-hybridized carbons (Fsp3) is 0.350. The van der Waals surface area contributed by atoms with Crippen molar-refractivity contribution in [1.82, 2.24) is 10.3 Å². The lowest BCUT2D eigenvalue weighted by atomic mass is 9.90. The van der Waals surface area contributed by atoms with Gasteiger partial charge in [0.15, 0.2) is 0 Å². The second-order valence-electron chi connectivity index (χ2n) is 6.03. The van der Waals surface area contributed by atoms with E-state index in [1.807, 2.05) is 7.05 Å². The highest BCUT2D eigenvalue weighted by Gasteiger charge is 2.26. The van der Waals surface area contributed by atoms with Crippen molar-refractivity contribution >= 4 is 5.57 Å². The summed E-state index contributed by atoms with van der Waals surface area (Å²) in [5.41, 5.74) is 10.8. The lowest BCUT2D eigenvalue weighted by Crippen LogP contribution is -2.11. The molecule has 2 heteroatoms. The van der Waals surface area contributed by atoms with E-state index in [1.54, 1.807) is 0 Å². The van der Waals surface area contributed by atoms with E-state index in [0.29, 0.717) is 0 Å². The second-order valence-corrected chi connectivity index (χ2v) is 6.03. The molecular weight excluding hydrogens is 268 g/mol. The van der Waals surface area contributed by atoms with E-state index in [1.165, 1.54) is 39.1 Å².